The van der Waals surface area contributed by atoms with Crippen LogP contribution in [0.3, 0.4) is 0 Å². The van der Waals surface area contributed by atoms with Crippen LogP contribution >= 0.6 is 11.6 Å². The van der Waals surface area contributed by atoms with Crippen LogP contribution in [-0.2, 0) is 14.3 Å². The molecule has 1 rings (SSSR count). The second-order valence-corrected chi connectivity index (χ2v) is 5.37. The van der Waals surface area contributed by atoms with Gasteiger partial charge in [0.2, 0.25) is 0 Å². The Kier molecular flexibility index (Phi) is 3.45. The molecular formula is C11H15ClO4. The lowest BCUT2D eigenvalue weighted by molar-refractivity contribution is -0.158. The van der Waals surface area contributed by atoms with E-state index in [2.05, 4.69) is 0 Å². The molecule has 90 valence electrons. The van der Waals surface area contributed by atoms with Gasteiger partial charge in [-0.05, 0) is 26.8 Å². The summed E-state index contributed by atoms with van der Waals surface area (Å²) in [4.78, 5) is 22.6. The van der Waals surface area contributed by atoms with Crippen LogP contribution in [0.2, 0.25) is 0 Å². The maximum Gasteiger partial charge on any atom is 0.309 e. The summed E-state index contributed by atoms with van der Waals surface area (Å²) in [5, 5.41) is 9.89. The number of carbonyl (C=O) groups excluding carboxylic acids is 2. The van der Waals surface area contributed by atoms with E-state index < -0.39 is 17.2 Å². The van der Waals surface area contributed by atoms with Crippen molar-refractivity contribution in [2.24, 2.45) is 0 Å². The minimum atomic E-state index is -1.49. The van der Waals surface area contributed by atoms with Gasteiger partial charge in [-0.2, -0.15) is 0 Å². The number of carbonyl (C=O) groups is 2. The van der Waals surface area contributed by atoms with Crippen LogP contribution in [0.5, 0.6) is 0 Å². The summed E-state index contributed by atoms with van der Waals surface area (Å²) in [5.41, 5.74) is -2.10. The van der Waals surface area contributed by atoms with Crippen molar-refractivity contribution < 1.29 is 19.4 Å². The first-order valence-electron chi connectivity index (χ1n) is 4.97. The Morgan fingerprint density at radius 2 is 2.19 bits per heavy atom. The first kappa shape index (κ1) is 13.2. The quantitative estimate of drug-likeness (QED) is 0.751. The lowest BCUT2D eigenvalue weighted by Crippen LogP contribution is -2.32. The average Bonchev–Trinajstić information content (AvgIpc) is 2.19. The molecule has 5 heteroatoms. The van der Waals surface area contributed by atoms with Gasteiger partial charge in [0.05, 0.1) is 11.5 Å². The molecule has 4 nitrogen and oxygen atoms in total. The fraction of sp³-hybridized carbons (Fsp3) is 0.636. The minimum absolute atomic E-state index is 0.0222. The van der Waals surface area contributed by atoms with E-state index in [0.29, 0.717) is 0 Å². The van der Waals surface area contributed by atoms with Crippen LogP contribution in [0.4, 0.5) is 0 Å². The Bertz CT molecular complexity index is 353. The zero-order chi connectivity index (χ0) is 12.6. The molecule has 1 atom stereocenters. The topological polar surface area (TPSA) is 63.6 Å². The smallest absolute Gasteiger partial charge is 0.309 e. The van der Waals surface area contributed by atoms with Crippen molar-refractivity contribution in [3.63, 3.8) is 0 Å². The molecule has 1 aliphatic rings. The number of Topliss-reactive ketones (excluding diaryl/α,β-unsaturated/α-hetero) is 1. The van der Waals surface area contributed by atoms with Crippen LogP contribution in [0, 0.1) is 0 Å². The number of ketones is 1. The fourth-order valence-electron chi connectivity index (χ4n) is 1.47. The Hall–Kier alpha value is -0.870. The van der Waals surface area contributed by atoms with Crippen LogP contribution in [0.25, 0.3) is 0 Å². The predicted octanol–water partition coefficient (Wildman–Crippen LogP) is 1.54. The molecule has 0 aromatic rings. The molecule has 1 unspecified atom stereocenters. The van der Waals surface area contributed by atoms with Crippen molar-refractivity contribution in [1.29, 1.82) is 0 Å². The average molecular weight is 247 g/mol. The van der Waals surface area contributed by atoms with Gasteiger partial charge >= 0.3 is 5.97 Å². The Labute approximate surface area is 99.2 Å². The number of hydrogen-bond donors (Lipinski definition) is 1. The van der Waals surface area contributed by atoms with Crippen molar-refractivity contribution in [2.45, 2.75) is 44.8 Å². The van der Waals surface area contributed by atoms with Crippen molar-refractivity contribution in [2.75, 3.05) is 0 Å². The van der Waals surface area contributed by atoms with Crippen LogP contribution in [0.1, 0.15) is 33.6 Å². The Morgan fingerprint density at radius 3 is 2.56 bits per heavy atom. The summed E-state index contributed by atoms with van der Waals surface area (Å²) in [6.07, 6.45) is 0.790. The lowest BCUT2D eigenvalue weighted by Gasteiger charge is -2.23. The highest BCUT2D eigenvalue weighted by Crippen LogP contribution is 2.31. The van der Waals surface area contributed by atoms with Gasteiger partial charge in [0.1, 0.15) is 11.2 Å². The molecule has 0 fully saturated rings. The molecule has 1 N–H and O–H groups in total. The Balaban J connectivity index is 2.62. The lowest BCUT2D eigenvalue weighted by atomic mass is 9.99. The van der Waals surface area contributed by atoms with Gasteiger partial charge in [-0.25, -0.2) is 0 Å². The van der Waals surface area contributed by atoms with E-state index in [1.165, 1.54) is 6.08 Å². The number of aliphatic hydroxyl groups is 1. The molecule has 0 radical (unpaired) electrons. The maximum absolute atomic E-state index is 11.5. The van der Waals surface area contributed by atoms with E-state index in [4.69, 9.17) is 16.3 Å². The number of esters is 1. The number of halogens is 1. The molecule has 0 bridgehead atoms. The summed E-state index contributed by atoms with van der Waals surface area (Å²) in [6.45, 7) is 5.20. The third-order valence-corrected chi connectivity index (χ3v) is 2.32. The number of ether oxygens (including phenoxy) is 1. The maximum atomic E-state index is 11.5. The third-order valence-electron chi connectivity index (χ3n) is 2.00. The highest BCUT2D eigenvalue weighted by Gasteiger charge is 2.38. The van der Waals surface area contributed by atoms with Gasteiger partial charge < -0.3 is 9.84 Å². The van der Waals surface area contributed by atoms with E-state index in [1.807, 2.05) is 0 Å². The number of rotatable bonds is 2. The van der Waals surface area contributed by atoms with E-state index >= 15 is 0 Å². The van der Waals surface area contributed by atoms with Gasteiger partial charge in [-0.15, -0.1) is 0 Å². The summed E-state index contributed by atoms with van der Waals surface area (Å²) in [7, 11) is 0. The minimum Gasteiger partial charge on any atom is -0.460 e. The first-order valence-corrected chi connectivity index (χ1v) is 5.35. The van der Waals surface area contributed by atoms with Gasteiger partial charge in [0.25, 0.3) is 0 Å². The number of hydrogen-bond acceptors (Lipinski definition) is 4. The van der Waals surface area contributed by atoms with Crippen molar-refractivity contribution in [1.82, 2.24) is 0 Å². The second kappa shape index (κ2) is 4.18. The van der Waals surface area contributed by atoms with Crippen molar-refractivity contribution in [3.05, 3.63) is 11.1 Å². The highest BCUT2D eigenvalue weighted by atomic mass is 35.5. The van der Waals surface area contributed by atoms with Crippen LogP contribution < -0.4 is 0 Å². The molecular weight excluding hydrogens is 232 g/mol. The molecule has 0 aromatic heterocycles. The highest BCUT2D eigenvalue weighted by molar-refractivity contribution is 6.43. The molecule has 0 spiro atoms. The molecule has 1 aliphatic carbocycles. The SMILES string of the molecule is CC(C)(C)OC(=O)CC1(O)C=C(Cl)C(=O)C1. The van der Waals surface area contributed by atoms with Crippen molar-refractivity contribution in [3.8, 4) is 0 Å². The summed E-state index contributed by atoms with van der Waals surface area (Å²) in [5.74, 6) is -0.904. The molecule has 16 heavy (non-hydrogen) atoms. The second-order valence-electron chi connectivity index (χ2n) is 4.96. The summed E-state index contributed by atoms with van der Waals surface area (Å²) >= 11 is 5.56. The standard InChI is InChI=1S/C11H15ClO4/c1-10(2,3)16-9(14)6-11(15)4-7(12)8(13)5-11/h4,15H,5-6H2,1-3H3. The predicted molar refractivity (Wildman–Crippen MR) is 59.0 cm³/mol. The Morgan fingerprint density at radius 1 is 1.62 bits per heavy atom. The molecule has 0 aromatic carbocycles. The van der Waals surface area contributed by atoms with Gasteiger partial charge in [0.15, 0.2) is 5.78 Å². The zero-order valence-electron chi connectivity index (χ0n) is 9.54. The summed E-state index contributed by atoms with van der Waals surface area (Å²) in [6, 6.07) is 0. The normalized spacial score (nSPS) is 25.6. The van der Waals surface area contributed by atoms with Gasteiger partial charge in [-0.1, -0.05) is 11.6 Å². The van der Waals surface area contributed by atoms with Crippen LogP contribution in [-0.4, -0.2) is 28.1 Å². The van der Waals surface area contributed by atoms with E-state index in [1.54, 1.807) is 20.8 Å². The summed E-state index contributed by atoms with van der Waals surface area (Å²) < 4.78 is 5.05. The van der Waals surface area contributed by atoms with Crippen LogP contribution in [0.15, 0.2) is 11.1 Å². The molecule has 0 heterocycles. The zero-order valence-corrected chi connectivity index (χ0v) is 10.3. The molecule has 0 aliphatic heterocycles. The van der Waals surface area contributed by atoms with E-state index in [9.17, 15) is 14.7 Å². The first-order chi connectivity index (χ1) is 7.11. The van der Waals surface area contributed by atoms with Crippen molar-refractivity contribution >= 4 is 23.4 Å². The van der Waals surface area contributed by atoms with E-state index in [-0.39, 0.29) is 23.7 Å². The molecule has 0 amide bonds. The van der Waals surface area contributed by atoms with Gasteiger partial charge in [0, 0.05) is 6.42 Å². The fourth-order valence-corrected chi connectivity index (χ4v) is 1.74. The molecule has 0 saturated carbocycles. The monoisotopic (exact) mass is 246 g/mol. The third kappa shape index (κ3) is 3.61. The van der Waals surface area contributed by atoms with E-state index in [0.717, 1.165) is 0 Å². The largest absolute Gasteiger partial charge is 0.460 e. The van der Waals surface area contributed by atoms with Gasteiger partial charge in [-0.3, -0.25) is 9.59 Å². The number of allylic oxidation sites excluding steroid dienone is 1. The molecule has 0 saturated heterocycles.